The summed E-state index contributed by atoms with van der Waals surface area (Å²) < 4.78 is 7.01. The van der Waals surface area contributed by atoms with E-state index < -0.39 is 0 Å². The molecule has 1 aromatic heterocycles. The quantitative estimate of drug-likeness (QED) is 0.875. The molecule has 6 nitrogen and oxygen atoms in total. The zero-order valence-corrected chi connectivity index (χ0v) is 14.9. The molecule has 0 spiro atoms. The third-order valence-corrected chi connectivity index (χ3v) is 4.84. The monoisotopic (exact) mass is 342 g/mol. The first-order valence-electron chi connectivity index (χ1n) is 8.91. The summed E-state index contributed by atoms with van der Waals surface area (Å²) in [7, 11) is 1.56. The lowest BCUT2D eigenvalue weighted by atomic mass is 9.97. The molecule has 2 heterocycles. The van der Waals surface area contributed by atoms with Crippen LogP contribution in [0.25, 0.3) is 5.69 Å². The van der Waals surface area contributed by atoms with Gasteiger partial charge in [0.2, 0.25) is 0 Å². The zero-order valence-electron chi connectivity index (χ0n) is 14.9. The number of nitrogens with one attached hydrogen (secondary N) is 1. The minimum atomic E-state index is -0.176. The highest BCUT2D eigenvalue weighted by molar-refractivity contribution is 5.94. The second-order valence-corrected chi connectivity index (χ2v) is 6.41. The highest BCUT2D eigenvalue weighted by Gasteiger charge is 2.22. The van der Waals surface area contributed by atoms with Crippen LogP contribution in [0.2, 0.25) is 0 Å². The topological polar surface area (TPSA) is 59.4 Å². The molecule has 1 aliphatic rings. The van der Waals surface area contributed by atoms with Crippen molar-refractivity contribution in [2.24, 2.45) is 5.92 Å². The first kappa shape index (κ1) is 17.5. The number of rotatable bonds is 6. The number of carbonyl (C=O) groups is 1. The summed E-state index contributed by atoms with van der Waals surface area (Å²) in [6, 6.07) is 9.70. The zero-order chi connectivity index (χ0) is 17.6. The van der Waals surface area contributed by atoms with Gasteiger partial charge < -0.3 is 15.0 Å². The molecule has 0 bridgehead atoms. The van der Waals surface area contributed by atoms with Gasteiger partial charge in [-0.1, -0.05) is 25.1 Å². The van der Waals surface area contributed by atoms with Gasteiger partial charge in [0.1, 0.15) is 0 Å². The second kappa shape index (κ2) is 8.16. The third kappa shape index (κ3) is 4.20. The number of carbonyl (C=O) groups excluding carboxylic acids is 1. The number of likely N-dealkylation sites (tertiary alicyclic amines) is 1. The van der Waals surface area contributed by atoms with Crippen molar-refractivity contribution < 1.29 is 9.53 Å². The molecular weight excluding hydrogens is 316 g/mol. The molecule has 1 amide bonds. The summed E-state index contributed by atoms with van der Waals surface area (Å²) >= 11 is 0. The smallest absolute Gasteiger partial charge is 0.275 e. The fraction of sp³-hybridized carbons (Fsp3) is 0.474. The molecule has 0 atom stereocenters. The number of hydrogen-bond donors (Lipinski definition) is 1. The lowest BCUT2D eigenvalue weighted by molar-refractivity contribution is 0.0928. The summed E-state index contributed by atoms with van der Waals surface area (Å²) in [5, 5.41) is 7.44. The SMILES string of the molecule is CCN1CCC(CNC(=O)c2nn(-c3ccccc3)cc2OC)CC1. The fourth-order valence-corrected chi connectivity index (χ4v) is 3.21. The van der Waals surface area contributed by atoms with Gasteiger partial charge in [0.25, 0.3) is 5.91 Å². The summed E-state index contributed by atoms with van der Waals surface area (Å²) in [6.45, 7) is 6.22. The molecule has 1 aromatic carbocycles. The van der Waals surface area contributed by atoms with E-state index in [0.717, 1.165) is 38.2 Å². The first-order chi connectivity index (χ1) is 12.2. The van der Waals surface area contributed by atoms with Gasteiger partial charge in [-0.05, 0) is 50.5 Å². The van der Waals surface area contributed by atoms with Gasteiger partial charge in [-0.3, -0.25) is 4.79 Å². The van der Waals surface area contributed by atoms with E-state index >= 15 is 0 Å². The van der Waals surface area contributed by atoms with Crippen LogP contribution in [-0.4, -0.2) is 53.9 Å². The number of aromatic nitrogens is 2. The molecule has 3 rings (SSSR count). The van der Waals surface area contributed by atoms with Crippen molar-refractivity contribution in [2.75, 3.05) is 33.3 Å². The molecule has 0 aliphatic carbocycles. The van der Waals surface area contributed by atoms with Crippen molar-refractivity contribution in [1.29, 1.82) is 0 Å². The molecule has 2 aromatic rings. The van der Waals surface area contributed by atoms with Crippen LogP contribution in [0, 0.1) is 5.92 Å². The second-order valence-electron chi connectivity index (χ2n) is 6.41. The van der Waals surface area contributed by atoms with E-state index in [2.05, 4.69) is 22.2 Å². The molecular formula is C19H26N4O2. The molecule has 0 radical (unpaired) electrons. The van der Waals surface area contributed by atoms with E-state index in [-0.39, 0.29) is 5.91 Å². The van der Waals surface area contributed by atoms with E-state index in [1.165, 1.54) is 0 Å². The van der Waals surface area contributed by atoms with Crippen molar-refractivity contribution in [3.05, 3.63) is 42.2 Å². The molecule has 1 aliphatic heterocycles. The lowest BCUT2D eigenvalue weighted by Crippen LogP contribution is -2.38. The minimum Gasteiger partial charge on any atom is -0.493 e. The van der Waals surface area contributed by atoms with Crippen LogP contribution >= 0.6 is 0 Å². The van der Waals surface area contributed by atoms with Crippen molar-refractivity contribution in [2.45, 2.75) is 19.8 Å². The van der Waals surface area contributed by atoms with Crippen molar-refractivity contribution in [3.63, 3.8) is 0 Å². The number of methoxy groups -OCH3 is 1. The van der Waals surface area contributed by atoms with E-state index in [4.69, 9.17) is 4.74 Å². The Balaban J connectivity index is 1.63. The Morgan fingerprint density at radius 3 is 2.64 bits per heavy atom. The van der Waals surface area contributed by atoms with Crippen LogP contribution in [-0.2, 0) is 0 Å². The Morgan fingerprint density at radius 1 is 1.28 bits per heavy atom. The van der Waals surface area contributed by atoms with Crippen LogP contribution in [0.3, 0.4) is 0 Å². The Kier molecular flexibility index (Phi) is 5.71. The number of hydrogen-bond acceptors (Lipinski definition) is 4. The van der Waals surface area contributed by atoms with Gasteiger partial charge in [-0.2, -0.15) is 5.10 Å². The molecule has 1 saturated heterocycles. The standard InChI is InChI=1S/C19H26N4O2/c1-3-22-11-9-15(10-12-22)13-20-19(24)18-17(25-2)14-23(21-18)16-7-5-4-6-8-16/h4-8,14-15H,3,9-13H2,1-2H3,(H,20,24). The van der Waals surface area contributed by atoms with Gasteiger partial charge in [0.05, 0.1) is 19.0 Å². The van der Waals surface area contributed by atoms with Crippen LogP contribution in [0.5, 0.6) is 5.75 Å². The predicted molar refractivity (Wildman–Crippen MR) is 97.3 cm³/mol. The molecule has 1 N–H and O–H groups in total. The number of nitrogens with zero attached hydrogens (tertiary/aromatic N) is 3. The van der Waals surface area contributed by atoms with Crippen molar-refractivity contribution >= 4 is 5.91 Å². The fourth-order valence-electron chi connectivity index (χ4n) is 3.21. The maximum absolute atomic E-state index is 12.6. The van der Waals surface area contributed by atoms with Crippen LogP contribution in [0.15, 0.2) is 36.5 Å². The minimum absolute atomic E-state index is 0.176. The van der Waals surface area contributed by atoms with E-state index in [1.54, 1.807) is 18.0 Å². The summed E-state index contributed by atoms with van der Waals surface area (Å²) in [4.78, 5) is 15.0. The van der Waals surface area contributed by atoms with Gasteiger partial charge in [-0.15, -0.1) is 0 Å². The molecule has 6 heteroatoms. The molecule has 1 fully saturated rings. The number of para-hydroxylation sites is 1. The van der Waals surface area contributed by atoms with Crippen LogP contribution < -0.4 is 10.1 Å². The number of amides is 1. The Morgan fingerprint density at radius 2 is 2.00 bits per heavy atom. The number of benzene rings is 1. The van der Waals surface area contributed by atoms with E-state index in [1.807, 2.05) is 30.3 Å². The van der Waals surface area contributed by atoms with Crippen molar-refractivity contribution in [3.8, 4) is 11.4 Å². The average Bonchev–Trinajstić information content (AvgIpc) is 3.12. The normalized spacial score (nSPS) is 15.9. The predicted octanol–water partition coefficient (Wildman–Crippen LogP) is 2.34. The van der Waals surface area contributed by atoms with Gasteiger partial charge in [-0.25, -0.2) is 4.68 Å². The highest BCUT2D eigenvalue weighted by atomic mass is 16.5. The van der Waals surface area contributed by atoms with Crippen LogP contribution in [0.4, 0.5) is 0 Å². The summed E-state index contributed by atoms with van der Waals surface area (Å²) in [6.07, 6.45) is 4.00. The highest BCUT2D eigenvalue weighted by Crippen LogP contribution is 2.20. The Bertz CT molecular complexity index is 691. The maximum Gasteiger partial charge on any atom is 0.275 e. The Labute approximate surface area is 148 Å². The molecule has 134 valence electrons. The largest absolute Gasteiger partial charge is 0.493 e. The van der Waals surface area contributed by atoms with Gasteiger partial charge in [0.15, 0.2) is 11.4 Å². The van der Waals surface area contributed by atoms with Crippen LogP contribution in [0.1, 0.15) is 30.3 Å². The number of ether oxygens (including phenoxy) is 1. The summed E-state index contributed by atoms with van der Waals surface area (Å²) in [5.74, 6) is 0.848. The van der Waals surface area contributed by atoms with E-state index in [0.29, 0.717) is 23.9 Å². The molecule has 0 saturated carbocycles. The first-order valence-corrected chi connectivity index (χ1v) is 8.91. The summed E-state index contributed by atoms with van der Waals surface area (Å²) in [5.41, 5.74) is 1.23. The van der Waals surface area contributed by atoms with Gasteiger partial charge >= 0.3 is 0 Å². The van der Waals surface area contributed by atoms with Crippen molar-refractivity contribution in [1.82, 2.24) is 20.0 Å². The number of piperidine rings is 1. The molecule has 0 unspecified atom stereocenters. The Hall–Kier alpha value is -2.34. The van der Waals surface area contributed by atoms with E-state index in [9.17, 15) is 4.79 Å². The maximum atomic E-state index is 12.6. The molecule has 25 heavy (non-hydrogen) atoms. The average molecular weight is 342 g/mol. The third-order valence-electron chi connectivity index (χ3n) is 4.84. The lowest BCUT2D eigenvalue weighted by Gasteiger charge is -2.30. The van der Waals surface area contributed by atoms with Gasteiger partial charge in [0, 0.05) is 6.54 Å².